The molecule has 188 valence electrons. The third-order valence-corrected chi connectivity index (χ3v) is 7.98. The number of nitrogens with zero attached hydrogens (tertiary/aromatic N) is 2. The first-order valence-corrected chi connectivity index (χ1v) is 14.2. The third-order valence-electron chi connectivity index (χ3n) is 7.45. The lowest BCUT2D eigenvalue weighted by molar-refractivity contribution is 0.0766. The summed E-state index contributed by atoms with van der Waals surface area (Å²) in [4.78, 5) is 17.8. The van der Waals surface area contributed by atoms with Gasteiger partial charge in [0.1, 0.15) is 0 Å². The van der Waals surface area contributed by atoms with Gasteiger partial charge in [0.15, 0.2) is 0 Å². The van der Waals surface area contributed by atoms with Gasteiger partial charge in [-0.2, -0.15) is 0 Å². The number of benzene rings is 2. The van der Waals surface area contributed by atoms with E-state index in [1.807, 2.05) is 17.0 Å². The Kier molecular flexibility index (Phi) is 9.45. The summed E-state index contributed by atoms with van der Waals surface area (Å²) in [5.74, 6) is 0.128. The molecule has 2 aromatic rings. The SMILES string of the molecule is C/C=C(/NCCCN1CCCCC1CCCC)c1ccc2c(c1)C(=O)N(Cc1ccc(Br)cc1)C2. The van der Waals surface area contributed by atoms with Gasteiger partial charge in [-0.15, -0.1) is 0 Å². The van der Waals surface area contributed by atoms with Gasteiger partial charge in [0, 0.05) is 48.0 Å². The van der Waals surface area contributed by atoms with E-state index < -0.39 is 0 Å². The van der Waals surface area contributed by atoms with Crippen molar-refractivity contribution in [1.82, 2.24) is 15.1 Å². The Morgan fingerprint density at radius 2 is 1.97 bits per heavy atom. The highest BCUT2D eigenvalue weighted by Gasteiger charge is 2.28. The molecule has 1 unspecified atom stereocenters. The van der Waals surface area contributed by atoms with Gasteiger partial charge >= 0.3 is 0 Å². The second kappa shape index (κ2) is 12.7. The molecule has 2 heterocycles. The number of likely N-dealkylation sites (tertiary alicyclic amines) is 1. The third kappa shape index (κ3) is 6.77. The molecule has 4 rings (SSSR count). The first-order chi connectivity index (χ1) is 17.1. The fraction of sp³-hybridized carbons (Fsp3) is 0.500. The lowest BCUT2D eigenvalue weighted by atomic mass is 9.97. The summed E-state index contributed by atoms with van der Waals surface area (Å²) >= 11 is 3.48. The van der Waals surface area contributed by atoms with Crippen LogP contribution in [0.1, 0.15) is 85.8 Å². The number of unbranched alkanes of at least 4 members (excludes halogenated alkanes) is 1. The van der Waals surface area contributed by atoms with E-state index >= 15 is 0 Å². The monoisotopic (exact) mass is 537 g/mol. The summed E-state index contributed by atoms with van der Waals surface area (Å²) in [6, 6.07) is 15.3. The van der Waals surface area contributed by atoms with Gasteiger partial charge in [0.25, 0.3) is 5.91 Å². The summed E-state index contributed by atoms with van der Waals surface area (Å²) in [6.07, 6.45) is 11.4. The largest absolute Gasteiger partial charge is 0.385 e. The molecule has 2 aromatic carbocycles. The first-order valence-electron chi connectivity index (χ1n) is 13.4. The van der Waals surface area contributed by atoms with Crippen molar-refractivity contribution >= 4 is 27.5 Å². The number of halogens is 1. The molecule has 0 aromatic heterocycles. The van der Waals surface area contributed by atoms with Crippen LogP contribution in [0.5, 0.6) is 0 Å². The van der Waals surface area contributed by atoms with Crippen molar-refractivity contribution in [3.8, 4) is 0 Å². The van der Waals surface area contributed by atoms with Gasteiger partial charge in [0.2, 0.25) is 0 Å². The Labute approximate surface area is 219 Å². The summed E-state index contributed by atoms with van der Waals surface area (Å²) in [6.45, 7) is 9.07. The van der Waals surface area contributed by atoms with E-state index in [-0.39, 0.29) is 5.91 Å². The second-order valence-corrected chi connectivity index (χ2v) is 10.9. The number of fused-ring (bicyclic) bond motifs is 1. The predicted molar refractivity (Wildman–Crippen MR) is 149 cm³/mol. The number of nitrogens with one attached hydrogen (secondary N) is 1. The van der Waals surface area contributed by atoms with Crippen molar-refractivity contribution in [3.05, 3.63) is 75.3 Å². The molecular formula is C30H40BrN3O. The summed E-state index contributed by atoms with van der Waals surface area (Å²) < 4.78 is 1.06. The highest BCUT2D eigenvalue weighted by molar-refractivity contribution is 9.10. The molecule has 2 aliphatic heterocycles. The molecule has 0 saturated carbocycles. The minimum Gasteiger partial charge on any atom is -0.385 e. The van der Waals surface area contributed by atoms with E-state index in [9.17, 15) is 4.79 Å². The number of carbonyl (C=O) groups is 1. The van der Waals surface area contributed by atoms with Gasteiger partial charge in [-0.3, -0.25) is 4.79 Å². The van der Waals surface area contributed by atoms with Crippen LogP contribution in [-0.2, 0) is 13.1 Å². The van der Waals surface area contributed by atoms with Crippen LogP contribution in [0, 0.1) is 0 Å². The molecule has 35 heavy (non-hydrogen) atoms. The molecule has 0 radical (unpaired) electrons. The Bertz CT molecular complexity index is 1020. The molecule has 0 bridgehead atoms. The van der Waals surface area contributed by atoms with Crippen LogP contribution in [-0.4, -0.2) is 41.4 Å². The number of amides is 1. The molecular weight excluding hydrogens is 498 g/mol. The van der Waals surface area contributed by atoms with Crippen LogP contribution in [0.2, 0.25) is 0 Å². The predicted octanol–water partition coefficient (Wildman–Crippen LogP) is 6.99. The number of piperidine rings is 1. The second-order valence-electron chi connectivity index (χ2n) is 9.97. The average Bonchev–Trinajstić information content (AvgIpc) is 3.19. The molecule has 1 amide bonds. The van der Waals surface area contributed by atoms with Crippen LogP contribution in [0.4, 0.5) is 0 Å². The maximum absolute atomic E-state index is 13.1. The van der Waals surface area contributed by atoms with Crippen LogP contribution < -0.4 is 5.32 Å². The van der Waals surface area contributed by atoms with Crippen molar-refractivity contribution in [2.45, 2.75) is 77.9 Å². The van der Waals surface area contributed by atoms with Crippen LogP contribution >= 0.6 is 15.9 Å². The minimum absolute atomic E-state index is 0.128. The molecule has 0 aliphatic carbocycles. The zero-order valence-electron chi connectivity index (χ0n) is 21.4. The zero-order valence-corrected chi connectivity index (χ0v) is 22.9. The van der Waals surface area contributed by atoms with Crippen molar-refractivity contribution in [3.63, 3.8) is 0 Å². The lowest BCUT2D eigenvalue weighted by Crippen LogP contribution is -2.40. The zero-order chi connectivity index (χ0) is 24.6. The fourth-order valence-corrected chi connectivity index (χ4v) is 5.73. The smallest absolute Gasteiger partial charge is 0.254 e. The average molecular weight is 539 g/mol. The van der Waals surface area contributed by atoms with E-state index in [4.69, 9.17) is 0 Å². The van der Waals surface area contributed by atoms with Gasteiger partial charge < -0.3 is 15.1 Å². The van der Waals surface area contributed by atoms with E-state index in [1.165, 1.54) is 51.6 Å². The number of hydrogen-bond acceptors (Lipinski definition) is 3. The normalized spacial score (nSPS) is 18.7. The van der Waals surface area contributed by atoms with Gasteiger partial charge in [0.05, 0.1) is 0 Å². The summed E-state index contributed by atoms with van der Waals surface area (Å²) in [5.41, 5.74) is 5.33. The molecule has 1 atom stereocenters. The van der Waals surface area contributed by atoms with Crippen molar-refractivity contribution in [2.24, 2.45) is 0 Å². The Morgan fingerprint density at radius 3 is 2.74 bits per heavy atom. The highest BCUT2D eigenvalue weighted by atomic mass is 79.9. The molecule has 0 spiro atoms. The topological polar surface area (TPSA) is 35.6 Å². The van der Waals surface area contributed by atoms with Gasteiger partial charge in [-0.05, 0) is 74.0 Å². The minimum atomic E-state index is 0.128. The Hall–Kier alpha value is -2.11. The molecule has 2 aliphatic rings. The Morgan fingerprint density at radius 1 is 1.14 bits per heavy atom. The highest BCUT2D eigenvalue weighted by Crippen LogP contribution is 2.28. The first kappa shape index (κ1) is 26.0. The summed E-state index contributed by atoms with van der Waals surface area (Å²) in [7, 11) is 0. The molecule has 5 heteroatoms. The molecule has 1 saturated heterocycles. The van der Waals surface area contributed by atoms with E-state index in [2.05, 4.69) is 76.4 Å². The van der Waals surface area contributed by atoms with E-state index in [0.29, 0.717) is 13.1 Å². The standard InChI is InChI=1S/C30H40BrN3O/c1-3-5-9-27-10-6-7-18-33(27)19-8-17-32-29(4-2)24-13-14-25-22-34(30(35)28(25)20-24)21-23-11-15-26(31)16-12-23/h4,11-16,20,27,32H,3,5-10,17-19,21-22H2,1-2H3/b29-4+. The lowest BCUT2D eigenvalue weighted by Gasteiger charge is -2.36. The number of carbonyl (C=O) groups excluding carboxylic acids is 1. The molecule has 1 fully saturated rings. The van der Waals surface area contributed by atoms with Crippen LogP contribution in [0.3, 0.4) is 0 Å². The van der Waals surface area contributed by atoms with Crippen molar-refractivity contribution in [1.29, 1.82) is 0 Å². The Balaban J connectivity index is 1.31. The fourth-order valence-electron chi connectivity index (χ4n) is 5.46. The van der Waals surface area contributed by atoms with Crippen LogP contribution in [0.15, 0.2) is 53.0 Å². The van der Waals surface area contributed by atoms with Crippen LogP contribution in [0.25, 0.3) is 5.70 Å². The number of allylic oxidation sites excluding steroid dienone is 1. The quantitative estimate of drug-likeness (QED) is 0.313. The maximum atomic E-state index is 13.1. The van der Waals surface area contributed by atoms with E-state index in [1.54, 1.807) is 0 Å². The number of rotatable bonds is 11. The summed E-state index contributed by atoms with van der Waals surface area (Å²) in [5, 5.41) is 3.65. The van der Waals surface area contributed by atoms with Gasteiger partial charge in [-0.1, -0.05) is 72.5 Å². The molecule has 4 nitrogen and oxygen atoms in total. The van der Waals surface area contributed by atoms with E-state index in [0.717, 1.165) is 51.4 Å². The van der Waals surface area contributed by atoms with Crippen molar-refractivity contribution in [2.75, 3.05) is 19.6 Å². The maximum Gasteiger partial charge on any atom is 0.254 e. The molecule has 1 N–H and O–H groups in total. The van der Waals surface area contributed by atoms with Crippen molar-refractivity contribution < 1.29 is 4.79 Å². The van der Waals surface area contributed by atoms with Gasteiger partial charge in [-0.25, -0.2) is 0 Å². The number of hydrogen-bond donors (Lipinski definition) is 1.